The van der Waals surface area contributed by atoms with E-state index in [-0.39, 0.29) is 6.47 Å². The molecule has 0 atom stereocenters. The van der Waals surface area contributed by atoms with E-state index in [4.69, 9.17) is 19.1 Å². The number of aromatic nitrogens is 2. The fourth-order valence-electron chi connectivity index (χ4n) is 2.65. The summed E-state index contributed by atoms with van der Waals surface area (Å²) in [4.78, 5) is 17.0. The molecule has 0 fully saturated rings. The molecular weight excluding hydrogens is 378 g/mol. The molecule has 3 heterocycles. The Morgan fingerprint density at radius 3 is 2.93 bits per heavy atom. The minimum atomic E-state index is -0.250. The van der Waals surface area contributed by atoms with Crippen LogP contribution in [0.25, 0.3) is 21.3 Å². The molecule has 2 N–H and O–H groups in total. The van der Waals surface area contributed by atoms with Gasteiger partial charge in [-0.2, -0.15) is 4.98 Å². The predicted molar refractivity (Wildman–Crippen MR) is 109 cm³/mol. The number of hydrogen-bond acceptors (Lipinski definition) is 7. The summed E-state index contributed by atoms with van der Waals surface area (Å²) in [6, 6.07) is 9.77. The van der Waals surface area contributed by atoms with E-state index in [1.165, 1.54) is 11.3 Å². The van der Waals surface area contributed by atoms with Crippen molar-refractivity contribution in [1.29, 1.82) is 0 Å². The van der Waals surface area contributed by atoms with Crippen LogP contribution >= 0.6 is 11.3 Å². The molecular formula is C20H21N3O4S. The van der Waals surface area contributed by atoms with Crippen molar-refractivity contribution in [3.05, 3.63) is 48.4 Å². The molecule has 146 valence electrons. The molecule has 3 aromatic heterocycles. The number of hydrogen-bond donors (Lipinski definition) is 2. The maximum Gasteiger partial charge on any atom is 0.290 e. The molecule has 0 spiro atoms. The second-order valence-corrected chi connectivity index (χ2v) is 7.45. The average Bonchev–Trinajstić information content (AvgIpc) is 3.25. The summed E-state index contributed by atoms with van der Waals surface area (Å²) in [5.74, 6) is 1.34. The van der Waals surface area contributed by atoms with Gasteiger partial charge in [-0.15, -0.1) is 0 Å². The molecule has 0 aliphatic carbocycles. The minimum Gasteiger partial charge on any atom is -0.483 e. The molecule has 28 heavy (non-hydrogen) atoms. The Morgan fingerprint density at radius 1 is 1.36 bits per heavy atom. The number of benzene rings is 1. The number of furan rings is 1. The van der Waals surface area contributed by atoms with E-state index in [0.717, 1.165) is 34.3 Å². The van der Waals surface area contributed by atoms with Crippen molar-refractivity contribution in [1.82, 2.24) is 15.3 Å². The molecule has 0 saturated carbocycles. The lowest BCUT2D eigenvalue weighted by molar-refractivity contribution is -0.122. The van der Waals surface area contributed by atoms with Gasteiger partial charge in [0.05, 0.1) is 11.0 Å². The summed E-state index contributed by atoms with van der Waals surface area (Å²) < 4.78 is 12.6. The molecule has 0 aliphatic rings. The van der Waals surface area contributed by atoms with Crippen LogP contribution in [0, 0.1) is 5.92 Å². The fraction of sp³-hybridized carbons (Fsp3) is 0.250. The second kappa shape index (κ2) is 9.29. The van der Waals surface area contributed by atoms with Crippen LogP contribution in [-0.2, 0) is 11.3 Å². The van der Waals surface area contributed by atoms with Gasteiger partial charge in [0.1, 0.15) is 11.3 Å². The maximum absolute atomic E-state index is 8.36. The first kappa shape index (κ1) is 19.8. The van der Waals surface area contributed by atoms with Crippen LogP contribution in [0.15, 0.2) is 47.2 Å². The van der Waals surface area contributed by atoms with E-state index >= 15 is 0 Å². The number of fused-ring (bicyclic) bond motifs is 2. The Balaban J connectivity index is 0.000000706. The molecule has 1 aromatic carbocycles. The summed E-state index contributed by atoms with van der Waals surface area (Å²) in [5, 5.41) is 12.0. The quantitative estimate of drug-likeness (QED) is 0.454. The number of carboxylic acid groups (broad SMARTS) is 1. The standard InChI is InChI=1S/C19H19N3O2S.CH2O2/c1-12(2)9-20-10-13-11-23-16-8-14(5-6-15(13)16)24-19-22-18-17(25-19)4-3-7-21-18;2-1-3/h3-8,11-12,20H,9-10H2,1-2H3;1H,(H,2,3). The zero-order chi connectivity index (χ0) is 19.9. The van der Waals surface area contributed by atoms with E-state index in [2.05, 4.69) is 29.1 Å². The number of thiazole rings is 1. The molecule has 0 aliphatic heterocycles. The van der Waals surface area contributed by atoms with Crippen molar-refractivity contribution in [2.75, 3.05) is 6.54 Å². The molecule has 8 heteroatoms. The SMILES string of the molecule is CC(C)CNCc1coc2cc(Oc3nc4ncccc4s3)ccc12.O=CO. The first-order chi connectivity index (χ1) is 13.6. The summed E-state index contributed by atoms with van der Waals surface area (Å²) in [6.07, 6.45) is 3.54. The van der Waals surface area contributed by atoms with Gasteiger partial charge in [-0.05, 0) is 36.7 Å². The van der Waals surface area contributed by atoms with Gasteiger partial charge in [-0.25, -0.2) is 4.98 Å². The predicted octanol–water partition coefficient (Wildman–Crippen LogP) is 4.68. The zero-order valence-corrected chi connectivity index (χ0v) is 16.4. The Hall–Kier alpha value is -2.97. The van der Waals surface area contributed by atoms with Gasteiger partial charge in [-0.3, -0.25) is 4.79 Å². The number of nitrogens with zero attached hydrogens (tertiary/aromatic N) is 2. The normalized spacial score (nSPS) is 10.8. The number of nitrogens with one attached hydrogen (secondary N) is 1. The monoisotopic (exact) mass is 399 g/mol. The van der Waals surface area contributed by atoms with Gasteiger partial charge < -0.3 is 19.6 Å². The van der Waals surface area contributed by atoms with E-state index in [1.54, 1.807) is 6.20 Å². The van der Waals surface area contributed by atoms with E-state index < -0.39 is 0 Å². The van der Waals surface area contributed by atoms with Gasteiger partial charge in [0.15, 0.2) is 5.65 Å². The molecule has 0 unspecified atom stereocenters. The van der Waals surface area contributed by atoms with Gasteiger partial charge in [0.25, 0.3) is 11.7 Å². The third kappa shape index (κ3) is 4.85. The highest BCUT2D eigenvalue weighted by Gasteiger charge is 2.10. The molecule has 7 nitrogen and oxygen atoms in total. The van der Waals surface area contributed by atoms with Gasteiger partial charge in [-0.1, -0.05) is 25.2 Å². The van der Waals surface area contributed by atoms with Gasteiger partial charge in [0, 0.05) is 29.8 Å². The van der Waals surface area contributed by atoms with Crippen LogP contribution in [0.3, 0.4) is 0 Å². The number of pyridine rings is 1. The lowest BCUT2D eigenvalue weighted by Gasteiger charge is -2.06. The van der Waals surface area contributed by atoms with Crippen molar-refractivity contribution in [3.63, 3.8) is 0 Å². The number of carbonyl (C=O) groups is 1. The van der Waals surface area contributed by atoms with E-state index in [9.17, 15) is 0 Å². The molecule has 0 bridgehead atoms. The molecule has 0 radical (unpaired) electrons. The third-order valence-electron chi connectivity index (χ3n) is 3.85. The smallest absolute Gasteiger partial charge is 0.290 e. The van der Waals surface area contributed by atoms with Crippen LogP contribution in [0.4, 0.5) is 0 Å². The Kier molecular flexibility index (Phi) is 6.57. The van der Waals surface area contributed by atoms with E-state index in [0.29, 0.717) is 22.5 Å². The molecule has 0 saturated heterocycles. The number of ether oxygens (including phenoxy) is 1. The lowest BCUT2D eigenvalue weighted by atomic mass is 10.1. The third-order valence-corrected chi connectivity index (χ3v) is 4.73. The highest BCUT2D eigenvalue weighted by Crippen LogP contribution is 2.32. The van der Waals surface area contributed by atoms with Crippen molar-refractivity contribution in [2.24, 2.45) is 5.92 Å². The maximum atomic E-state index is 8.36. The van der Waals surface area contributed by atoms with Crippen LogP contribution in [-0.4, -0.2) is 28.1 Å². The highest BCUT2D eigenvalue weighted by atomic mass is 32.1. The fourth-order valence-corrected chi connectivity index (χ4v) is 3.45. The van der Waals surface area contributed by atoms with Crippen molar-refractivity contribution >= 4 is 39.1 Å². The van der Waals surface area contributed by atoms with E-state index in [1.807, 2.05) is 36.6 Å². The Labute approximate surface area is 166 Å². The lowest BCUT2D eigenvalue weighted by Crippen LogP contribution is -2.18. The van der Waals surface area contributed by atoms with Crippen LogP contribution < -0.4 is 10.1 Å². The Morgan fingerprint density at radius 2 is 2.18 bits per heavy atom. The first-order valence-electron chi connectivity index (χ1n) is 8.78. The van der Waals surface area contributed by atoms with Crippen molar-refractivity contribution in [2.45, 2.75) is 20.4 Å². The molecule has 4 aromatic rings. The summed E-state index contributed by atoms with van der Waals surface area (Å²) in [6.45, 7) is 5.93. The summed E-state index contributed by atoms with van der Waals surface area (Å²) in [7, 11) is 0. The molecule has 4 rings (SSSR count). The zero-order valence-electron chi connectivity index (χ0n) is 15.6. The first-order valence-corrected chi connectivity index (χ1v) is 9.60. The largest absolute Gasteiger partial charge is 0.483 e. The second-order valence-electron chi connectivity index (χ2n) is 6.46. The van der Waals surface area contributed by atoms with Crippen LogP contribution in [0.2, 0.25) is 0 Å². The van der Waals surface area contributed by atoms with Crippen molar-refractivity contribution < 1.29 is 19.1 Å². The van der Waals surface area contributed by atoms with Crippen molar-refractivity contribution in [3.8, 4) is 10.9 Å². The van der Waals surface area contributed by atoms with Gasteiger partial charge >= 0.3 is 0 Å². The van der Waals surface area contributed by atoms with Gasteiger partial charge in [0.2, 0.25) is 0 Å². The van der Waals surface area contributed by atoms with Crippen LogP contribution in [0.5, 0.6) is 10.9 Å². The average molecular weight is 399 g/mol. The van der Waals surface area contributed by atoms with Crippen LogP contribution in [0.1, 0.15) is 19.4 Å². The molecule has 0 amide bonds. The topological polar surface area (TPSA) is 97.5 Å². The minimum absolute atomic E-state index is 0.250. The number of rotatable bonds is 6. The summed E-state index contributed by atoms with van der Waals surface area (Å²) in [5.41, 5.74) is 2.68. The Bertz CT molecular complexity index is 1020. The highest BCUT2D eigenvalue weighted by molar-refractivity contribution is 7.20. The summed E-state index contributed by atoms with van der Waals surface area (Å²) >= 11 is 1.48.